The van der Waals surface area contributed by atoms with Crippen molar-refractivity contribution in [3.63, 3.8) is 0 Å². The van der Waals surface area contributed by atoms with Gasteiger partial charge in [-0.05, 0) is 85.8 Å². The number of urea groups is 1. The molecular formula is C84H129N9O26. The maximum atomic E-state index is 14.9. The second-order valence-electron chi connectivity index (χ2n) is 31.5. The number of aliphatic carboxylic acids is 3. The van der Waals surface area contributed by atoms with Crippen LogP contribution in [0.15, 0.2) is 54.6 Å². The molecule has 0 radical (unpaired) electrons. The van der Waals surface area contributed by atoms with Crippen LogP contribution in [0.2, 0.25) is 0 Å². The lowest BCUT2D eigenvalue weighted by molar-refractivity contribution is -0.149. The Morgan fingerprint density at radius 2 is 1.25 bits per heavy atom. The first-order chi connectivity index (χ1) is 56.3. The first-order valence-electron chi connectivity index (χ1n) is 40.8. The zero-order chi connectivity index (χ0) is 89.2. The van der Waals surface area contributed by atoms with Crippen molar-refractivity contribution in [3.05, 3.63) is 71.3 Å². The number of Topliss-reactive ketones (excluding diaryl/α,β-unsaturated/α-hetero) is 5. The van der Waals surface area contributed by atoms with E-state index in [2.05, 4.69) is 36.2 Å². The minimum Gasteiger partial charge on any atom is -0.481 e. The highest BCUT2D eigenvalue weighted by atomic mass is 16.6. The van der Waals surface area contributed by atoms with Gasteiger partial charge in [-0.1, -0.05) is 123 Å². The molecule has 1 heterocycles. The topological polar surface area (TPSA) is 494 Å². The van der Waals surface area contributed by atoms with Crippen LogP contribution in [0, 0.1) is 47.3 Å². The predicted octanol–water partition coefficient (Wildman–Crippen LogP) is 5.73. The quantitative estimate of drug-likeness (QED) is 0.0165. The number of nitrogens with one attached hydrogen (secondary N) is 5. The largest absolute Gasteiger partial charge is 0.481 e. The van der Waals surface area contributed by atoms with Crippen LogP contribution in [0.3, 0.4) is 0 Å². The Morgan fingerprint density at radius 1 is 0.622 bits per heavy atom. The Labute approximate surface area is 697 Å². The molecule has 14 atom stereocenters. The molecule has 119 heavy (non-hydrogen) atoms. The number of nitrogens with two attached hydrogens (primary N) is 1. The SMILES string of the molecule is CC[C@H](C)[C@@H]([C@@H](CC(=O)N1CCC[C@H]1[C@H](OC)[C@@H](C)C(=O)C[C@@H](Cc1ccccc1)C(=O)O)OC)N(C)C(=O)[C@@H](CC(=O)[C@H](C(C)C)N(C)C(=O)OCc1ccc(CC(=O)[C@H](C)NC(=O)[C@@H](CC(=O)C(CCC(=O)NCCOCCOCCCC(=O)CC[C@H](NC(=O)N[C@@H](CCC(=O)O)OC=O)C(=O)O)NC(=O)CON)C(C)C)cc1)C(C)C. The number of carbonyl (C=O) groups is 16. The Kier molecular flexibility index (Phi) is 47.4. The van der Waals surface area contributed by atoms with Gasteiger partial charge in [0.2, 0.25) is 29.5 Å². The van der Waals surface area contributed by atoms with Gasteiger partial charge in [0, 0.05) is 117 Å². The van der Waals surface area contributed by atoms with Gasteiger partial charge in [-0.3, -0.25) is 67.2 Å². The highest BCUT2D eigenvalue weighted by molar-refractivity contribution is 5.96. The van der Waals surface area contributed by atoms with Gasteiger partial charge in [0.25, 0.3) is 6.47 Å². The molecule has 10 N–H and O–H groups in total. The molecule has 1 aliphatic rings. The number of likely N-dealkylation sites (tertiary alicyclic amines) is 1. The van der Waals surface area contributed by atoms with Crippen LogP contribution < -0.4 is 32.5 Å². The van der Waals surface area contributed by atoms with E-state index in [1.807, 2.05) is 58.0 Å². The average molecular weight is 1680 g/mol. The Balaban J connectivity index is 1.52. The number of methoxy groups -OCH3 is 2. The van der Waals surface area contributed by atoms with Gasteiger partial charge in [-0.15, -0.1) is 0 Å². The van der Waals surface area contributed by atoms with Crippen molar-refractivity contribution in [2.45, 2.75) is 240 Å². The molecular weight excluding hydrogens is 1550 g/mol. The zero-order valence-corrected chi connectivity index (χ0v) is 71.4. The molecule has 0 aromatic heterocycles. The minimum atomic E-state index is -1.48. The second-order valence-corrected chi connectivity index (χ2v) is 31.5. The number of amides is 8. The molecule has 8 amide bonds. The highest BCUT2D eigenvalue weighted by Crippen LogP contribution is 2.33. The summed E-state index contributed by atoms with van der Waals surface area (Å²) in [6.45, 7) is 18.0. The van der Waals surface area contributed by atoms with Crippen LogP contribution in [0.25, 0.3) is 0 Å². The van der Waals surface area contributed by atoms with Crippen LogP contribution >= 0.6 is 0 Å². The summed E-state index contributed by atoms with van der Waals surface area (Å²) in [6.07, 6.45) is -3.89. The summed E-state index contributed by atoms with van der Waals surface area (Å²) in [7, 11) is 6.08. The molecule has 1 fully saturated rings. The molecule has 1 aliphatic heterocycles. The summed E-state index contributed by atoms with van der Waals surface area (Å²) >= 11 is 0. The van der Waals surface area contributed by atoms with E-state index in [0.717, 1.165) is 5.56 Å². The number of hydrogen-bond acceptors (Lipinski definition) is 24. The molecule has 0 saturated carbocycles. The van der Waals surface area contributed by atoms with E-state index in [1.165, 1.54) is 33.1 Å². The van der Waals surface area contributed by atoms with E-state index in [0.29, 0.717) is 43.4 Å². The van der Waals surface area contributed by atoms with Crippen molar-refractivity contribution in [2.24, 2.45) is 53.2 Å². The van der Waals surface area contributed by atoms with Crippen molar-refractivity contribution >= 4 is 95.0 Å². The fourth-order valence-electron chi connectivity index (χ4n) is 14.5. The smallest absolute Gasteiger partial charge is 0.410 e. The second kappa shape index (κ2) is 54.5. The number of benzene rings is 2. The summed E-state index contributed by atoms with van der Waals surface area (Å²) in [6, 6.07) is 8.87. The molecule has 666 valence electrons. The molecule has 35 heteroatoms. The summed E-state index contributed by atoms with van der Waals surface area (Å²) < 4.78 is 33.4. The fourth-order valence-corrected chi connectivity index (χ4v) is 14.5. The van der Waals surface area contributed by atoms with Gasteiger partial charge >= 0.3 is 30.0 Å². The number of carbonyl (C=O) groups excluding carboxylic acids is 13. The third kappa shape index (κ3) is 36.4. The lowest BCUT2D eigenvalue weighted by atomic mass is 9.83. The zero-order valence-electron chi connectivity index (χ0n) is 71.4. The molecule has 1 unspecified atom stereocenters. The molecule has 2 aromatic rings. The molecule has 35 nitrogen and oxygen atoms in total. The molecule has 0 aliphatic carbocycles. The number of ketones is 5. The summed E-state index contributed by atoms with van der Waals surface area (Å²) in [5.41, 5.74) is 1.92. The third-order valence-electron chi connectivity index (χ3n) is 21.6. The number of rotatable bonds is 61. The molecule has 0 bridgehead atoms. The summed E-state index contributed by atoms with van der Waals surface area (Å²) in [5, 5.41) is 40.7. The van der Waals surface area contributed by atoms with Gasteiger partial charge in [-0.25, -0.2) is 20.3 Å². The van der Waals surface area contributed by atoms with Crippen molar-refractivity contribution in [2.75, 3.05) is 74.4 Å². The molecule has 1 saturated heterocycles. The lowest BCUT2D eigenvalue weighted by Gasteiger charge is -2.41. The number of carboxylic acids is 3. The van der Waals surface area contributed by atoms with E-state index >= 15 is 0 Å². The van der Waals surface area contributed by atoms with Crippen LogP contribution in [0.5, 0.6) is 0 Å². The fraction of sp³-hybridized carbons (Fsp3) is 0.667. The van der Waals surface area contributed by atoms with Crippen molar-refractivity contribution in [1.29, 1.82) is 0 Å². The van der Waals surface area contributed by atoms with Gasteiger partial charge in [0.15, 0.2) is 23.6 Å². The van der Waals surface area contributed by atoms with E-state index in [4.69, 9.17) is 34.7 Å². The van der Waals surface area contributed by atoms with E-state index in [9.17, 15) is 86.9 Å². The van der Waals surface area contributed by atoms with E-state index in [-0.39, 0.29) is 170 Å². The van der Waals surface area contributed by atoms with Crippen molar-refractivity contribution in [3.8, 4) is 0 Å². The number of hydrogen-bond donors (Lipinski definition) is 9. The highest BCUT2D eigenvalue weighted by Gasteiger charge is 2.45. The molecule has 3 rings (SSSR count). The number of carboxylic acid groups (broad SMARTS) is 3. The third-order valence-corrected chi connectivity index (χ3v) is 21.6. The summed E-state index contributed by atoms with van der Waals surface area (Å²) in [5.74, 6) is -7.79. The average Bonchev–Trinajstić information content (AvgIpc) is 1.79. The molecule has 0 spiro atoms. The summed E-state index contributed by atoms with van der Waals surface area (Å²) in [4.78, 5) is 218. The van der Waals surface area contributed by atoms with Crippen molar-refractivity contribution in [1.82, 2.24) is 41.3 Å². The minimum absolute atomic E-state index is 0.00175. The van der Waals surface area contributed by atoms with Crippen LogP contribution in [0.4, 0.5) is 9.59 Å². The van der Waals surface area contributed by atoms with E-state index < -0.39 is 157 Å². The normalized spacial score (nSPS) is 16.0. The molecule has 2 aromatic carbocycles. The van der Waals surface area contributed by atoms with Gasteiger partial charge < -0.3 is 85.0 Å². The lowest BCUT2D eigenvalue weighted by Crippen LogP contribution is -2.54. The van der Waals surface area contributed by atoms with Gasteiger partial charge in [0.05, 0.1) is 81.0 Å². The number of likely N-dealkylation sites (N-methyl/N-ethyl adjacent to an activating group) is 2. The number of ether oxygens (including phenoxy) is 6. The van der Waals surface area contributed by atoms with Crippen molar-refractivity contribution < 1.29 is 125 Å². The maximum absolute atomic E-state index is 14.9. The van der Waals surface area contributed by atoms with Crippen LogP contribution in [0.1, 0.15) is 182 Å². The number of nitrogens with zero attached hydrogens (tertiary/aromatic N) is 3. The Bertz CT molecular complexity index is 3620. The van der Waals surface area contributed by atoms with Gasteiger partial charge in [-0.2, -0.15) is 0 Å². The predicted molar refractivity (Wildman–Crippen MR) is 433 cm³/mol. The standard InChI is InChI=1S/C84H129N9O26/c1-15-53(8)77(70(113-13)46-74(102)93-36-19-24-65(93)78(114-14)54(9)66(96)43-59(81(107)108)41-56-21-17-16-18-22-56)91(11)80(106)62(51(4)5)45-69(99)76(52(6)7)92(12)84(112)117-47-58-27-25-57(26-28-58)42-67(97)55(10)87-79(105)61(50(2)3)44-68(98)63(88-72(101)48-119-85)31-32-71(100)86-35-38-116-40-39-115-37-20-23-60(95)29-30-64(82(109)110)89-83(111)90-73(118-49-94)33-34-75(103)104/h16-18,21-22,25-28,49-55,59,61-65,70,73,76-78H,15,19-20,23-24,29-48,85H2,1-14H3,(H,86,100)(H,87,105)(H,88,101)(H,103,104)(H,107,108)(H,109,110)(H2,89,90,111)/t53-,54-,55-,59+,61-,62-,63?,64-,65-,70+,73+,76-,77-,78+/m0/s1. The van der Waals surface area contributed by atoms with Crippen LogP contribution in [-0.4, -0.2) is 254 Å². The first kappa shape index (κ1) is 104. The first-order valence-corrected chi connectivity index (χ1v) is 40.8. The Morgan fingerprint density at radius 3 is 1.83 bits per heavy atom. The monoisotopic (exact) mass is 1680 g/mol. The van der Waals surface area contributed by atoms with Gasteiger partial charge in [0.1, 0.15) is 30.8 Å². The van der Waals surface area contributed by atoms with Crippen LogP contribution in [-0.2, 0) is 120 Å². The van der Waals surface area contributed by atoms with E-state index in [1.54, 1.807) is 75.7 Å². The Hall–Kier alpha value is -9.68. The maximum Gasteiger partial charge on any atom is 0.410 e.